The molecule has 6 nitrogen and oxygen atoms in total. The first-order valence-corrected chi connectivity index (χ1v) is 7.38. The van der Waals surface area contributed by atoms with Crippen molar-refractivity contribution in [1.29, 1.82) is 0 Å². The minimum Gasteiger partial charge on any atom is -0.478 e. The largest absolute Gasteiger partial charge is 0.478 e. The Morgan fingerprint density at radius 2 is 1.86 bits per heavy atom. The summed E-state index contributed by atoms with van der Waals surface area (Å²) >= 11 is 0. The van der Waals surface area contributed by atoms with Crippen molar-refractivity contribution in [2.45, 2.75) is 25.4 Å². The van der Waals surface area contributed by atoms with Crippen molar-refractivity contribution < 1.29 is 9.84 Å². The van der Waals surface area contributed by atoms with Gasteiger partial charge in [0.1, 0.15) is 5.60 Å². The molecule has 1 N–H and O–H groups in total. The molecule has 0 unspecified atom stereocenters. The van der Waals surface area contributed by atoms with E-state index in [0.717, 1.165) is 17.1 Å². The molecule has 2 aromatic heterocycles. The molecule has 3 rings (SSSR count). The van der Waals surface area contributed by atoms with Gasteiger partial charge in [0, 0.05) is 31.7 Å². The number of anilines is 1. The number of aryl methyl sites for hydroxylation is 1. The minimum atomic E-state index is -0.875. The maximum atomic E-state index is 10.9. The molecule has 1 saturated heterocycles. The van der Waals surface area contributed by atoms with Crippen LogP contribution in [0, 0.1) is 6.92 Å². The molecule has 22 heavy (non-hydrogen) atoms. The highest BCUT2D eigenvalue weighted by Gasteiger charge is 2.36. The van der Waals surface area contributed by atoms with E-state index in [4.69, 9.17) is 4.74 Å². The third-order valence-electron chi connectivity index (χ3n) is 4.12. The van der Waals surface area contributed by atoms with Crippen molar-refractivity contribution in [2.75, 3.05) is 25.1 Å². The van der Waals surface area contributed by atoms with Gasteiger partial charge in [-0.1, -0.05) is 6.07 Å². The van der Waals surface area contributed by atoms with E-state index < -0.39 is 5.60 Å². The summed E-state index contributed by atoms with van der Waals surface area (Å²) in [6, 6.07) is 3.90. The summed E-state index contributed by atoms with van der Waals surface area (Å²) in [5, 5.41) is 10.9. The lowest BCUT2D eigenvalue weighted by molar-refractivity contribution is 0.00739. The molecule has 2 aromatic rings. The molecule has 0 amide bonds. The first kappa shape index (κ1) is 14.7. The van der Waals surface area contributed by atoms with Gasteiger partial charge in [-0.15, -0.1) is 0 Å². The Kier molecular flexibility index (Phi) is 3.94. The Morgan fingerprint density at radius 1 is 1.14 bits per heavy atom. The van der Waals surface area contributed by atoms with Gasteiger partial charge in [0.15, 0.2) is 5.82 Å². The predicted octanol–water partition coefficient (Wildman–Crippen LogP) is 1.68. The molecule has 1 aliphatic rings. The minimum absolute atomic E-state index is 0.515. The van der Waals surface area contributed by atoms with Crippen LogP contribution < -0.4 is 9.64 Å². The molecule has 0 saturated carbocycles. The number of aliphatic hydroxyl groups is 1. The summed E-state index contributed by atoms with van der Waals surface area (Å²) in [4.78, 5) is 15.0. The lowest BCUT2D eigenvalue weighted by Gasteiger charge is -2.38. The van der Waals surface area contributed by atoms with Crippen molar-refractivity contribution >= 4 is 5.82 Å². The molecule has 0 bridgehead atoms. The summed E-state index contributed by atoms with van der Waals surface area (Å²) in [6.45, 7) is 3.35. The van der Waals surface area contributed by atoms with Crippen LogP contribution in [-0.4, -0.2) is 40.3 Å². The van der Waals surface area contributed by atoms with Gasteiger partial charge in [-0.05, 0) is 31.4 Å². The fraction of sp³-hybridized carbons (Fsp3) is 0.438. The van der Waals surface area contributed by atoms with Crippen LogP contribution in [0.15, 0.2) is 30.7 Å². The Hall–Kier alpha value is -2.21. The van der Waals surface area contributed by atoms with Crippen LogP contribution in [0.4, 0.5) is 5.82 Å². The Balaban J connectivity index is 1.76. The Labute approximate surface area is 129 Å². The third-order valence-corrected chi connectivity index (χ3v) is 4.12. The molecule has 6 heteroatoms. The van der Waals surface area contributed by atoms with Gasteiger partial charge in [0.05, 0.1) is 12.8 Å². The van der Waals surface area contributed by atoms with E-state index in [-0.39, 0.29) is 0 Å². The highest BCUT2D eigenvalue weighted by Crippen LogP contribution is 2.34. The topological polar surface area (TPSA) is 71.4 Å². The van der Waals surface area contributed by atoms with Gasteiger partial charge in [0.25, 0.3) is 5.88 Å². The molecule has 116 valence electrons. The Bertz CT molecular complexity index is 637. The maximum absolute atomic E-state index is 10.9. The van der Waals surface area contributed by atoms with Crippen LogP contribution in [0.3, 0.4) is 0 Å². The third kappa shape index (κ3) is 2.74. The second-order valence-corrected chi connectivity index (χ2v) is 5.63. The number of ether oxygens (including phenoxy) is 1. The smallest absolute Gasteiger partial charge is 0.257 e. The van der Waals surface area contributed by atoms with Crippen molar-refractivity contribution in [3.8, 4) is 5.88 Å². The molecule has 0 spiro atoms. The normalized spacial score (nSPS) is 17.3. The lowest BCUT2D eigenvalue weighted by Crippen LogP contribution is -2.43. The summed E-state index contributed by atoms with van der Waals surface area (Å²) in [5.41, 5.74) is 0.956. The summed E-state index contributed by atoms with van der Waals surface area (Å²) in [5.74, 6) is 1.24. The van der Waals surface area contributed by atoms with Crippen molar-refractivity contribution in [3.05, 3.63) is 42.0 Å². The lowest BCUT2D eigenvalue weighted by atomic mass is 9.87. The quantitative estimate of drug-likeness (QED) is 0.930. The van der Waals surface area contributed by atoms with Gasteiger partial charge >= 0.3 is 0 Å². The maximum Gasteiger partial charge on any atom is 0.257 e. The number of aromatic nitrogens is 3. The zero-order valence-electron chi connectivity index (χ0n) is 12.9. The van der Waals surface area contributed by atoms with Crippen LogP contribution >= 0.6 is 0 Å². The molecular weight excluding hydrogens is 280 g/mol. The van der Waals surface area contributed by atoms with Crippen LogP contribution in [0.1, 0.15) is 24.1 Å². The molecule has 1 fully saturated rings. The number of rotatable bonds is 3. The van der Waals surface area contributed by atoms with Crippen LogP contribution in [0.25, 0.3) is 0 Å². The predicted molar refractivity (Wildman–Crippen MR) is 82.9 cm³/mol. The number of methoxy groups -OCH3 is 1. The Morgan fingerprint density at radius 3 is 2.50 bits per heavy atom. The molecule has 0 aromatic carbocycles. The molecule has 0 radical (unpaired) electrons. The molecule has 1 aliphatic heterocycles. The number of hydrogen-bond donors (Lipinski definition) is 1. The highest BCUT2D eigenvalue weighted by atomic mass is 16.5. The SMILES string of the molecule is COc1nccnc1N1CCC(O)(c2ccc(C)cn2)CC1. The standard InChI is InChI=1S/C16H20N4O2/c1-12-3-4-13(19-11-12)16(21)5-9-20(10-6-16)14-15(22-2)18-8-7-17-14/h3-4,7-8,11,21H,5-6,9-10H2,1-2H3. The zero-order chi connectivity index (χ0) is 15.6. The number of piperidine rings is 1. The van der Waals surface area contributed by atoms with Crippen molar-refractivity contribution in [2.24, 2.45) is 0 Å². The fourth-order valence-electron chi connectivity index (χ4n) is 2.77. The van der Waals surface area contributed by atoms with E-state index >= 15 is 0 Å². The van der Waals surface area contributed by atoms with E-state index in [9.17, 15) is 5.11 Å². The zero-order valence-corrected chi connectivity index (χ0v) is 12.9. The fourth-order valence-corrected chi connectivity index (χ4v) is 2.77. The van der Waals surface area contributed by atoms with E-state index in [1.165, 1.54) is 0 Å². The van der Waals surface area contributed by atoms with E-state index in [1.54, 1.807) is 25.7 Å². The van der Waals surface area contributed by atoms with Crippen molar-refractivity contribution in [1.82, 2.24) is 15.0 Å². The first-order valence-electron chi connectivity index (χ1n) is 7.38. The molecule has 0 atom stereocenters. The number of pyridine rings is 1. The molecule has 3 heterocycles. The van der Waals surface area contributed by atoms with Gasteiger partial charge in [0.2, 0.25) is 0 Å². The van der Waals surface area contributed by atoms with Crippen LogP contribution in [0.2, 0.25) is 0 Å². The second kappa shape index (κ2) is 5.88. The number of hydrogen-bond acceptors (Lipinski definition) is 6. The van der Waals surface area contributed by atoms with Crippen LogP contribution in [0.5, 0.6) is 5.88 Å². The van der Waals surface area contributed by atoms with E-state index in [0.29, 0.717) is 31.8 Å². The van der Waals surface area contributed by atoms with E-state index in [1.807, 2.05) is 19.1 Å². The highest BCUT2D eigenvalue weighted by molar-refractivity contribution is 5.48. The monoisotopic (exact) mass is 300 g/mol. The van der Waals surface area contributed by atoms with Gasteiger partial charge in [-0.2, -0.15) is 0 Å². The summed E-state index contributed by atoms with van der Waals surface area (Å²) in [6.07, 6.45) is 6.26. The van der Waals surface area contributed by atoms with Gasteiger partial charge < -0.3 is 14.7 Å². The average Bonchev–Trinajstić information content (AvgIpc) is 2.56. The summed E-state index contributed by atoms with van der Waals surface area (Å²) < 4.78 is 5.26. The molecule has 0 aliphatic carbocycles. The first-order chi connectivity index (χ1) is 10.6. The average molecular weight is 300 g/mol. The van der Waals surface area contributed by atoms with E-state index in [2.05, 4.69) is 19.9 Å². The van der Waals surface area contributed by atoms with Crippen molar-refractivity contribution in [3.63, 3.8) is 0 Å². The number of nitrogens with zero attached hydrogens (tertiary/aromatic N) is 4. The second-order valence-electron chi connectivity index (χ2n) is 5.63. The van der Waals surface area contributed by atoms with Gasteiger partial charge in [-0.25, -0.2) is 9.97 Å². The van der Waals surface area contributed by atoms with Gasteiger partial charge in [-0.3, -0.25) is 4.98 Å². The summed E-state index contributed by atoms with van der Waals surface area (Å²) in [7, 11) is 1.59. The molecular formula is C16H20N4O2. The van der Waals surface area contributed by atoms with Crippen LogP contribution in [-0.2, 0) is 5.60 Å².